The zero-order valence-corrected chi connectivity index (χ0v) is 13.6. The second-order valence-corrected chi connectivity index (χ2v) is 5.96. The summed E-state index contributed by atoms with van der Waals surface area (Å²) in [5.74, 6) is 1.30. The number of nitrogens with zero attached hydrogens (tertiary/aromatic N) is 2. The van der Waals surface area contributed by atoms with Crippen molar-refractivity contribution in [1.82, 2.24) is 9.97 Å². The number of hydrogen-bond acceptors (Lipinski definition) is 5. The molecular formula is C16H13ClN2O2S. The van der Waals surface area contributed by atoms with E-state index in [1.165, 1.54) is 0 Å². The lowest BCUT2D eigenvalue weighted by atomic mass is 10.2. The summed E-state index contributed by atoms with van der Waals surface area (Å²) < 4.78 is 10.7. The molecule has 3 aromatic rings. The van der Waals surface area contributed by atoms with Gasteiger partial charge in [0.1, 0.15) is 11.4 Å². The van der Waals surface area contributed by atoms with E-state index in [9.17, 15) is 0 Å². The second kappa shape index (κ2) is 6.42. The predicted molar refractivity (Wildman–Crippen MR) is 88.2 cm³/mol. The van der Waals surface area contributed by atoms with Gasteiger partial charge in [0, 0.05) is 21.4 Å². The van der Waals surface area contributed by atoms with Crippen molar-refractivity contribution < 1.29 is 9.47 Å². The Hall–Kier alpha value is -1.98. The van der Waals surface area contributed by atoms with Crippen LogP contribution >= 0.6 is 23.4 Å². The average Bonchev–Trinajstić information content (AvgIpc) is 2.56. The zero-order valence-electron chi connectivity index (χ0n) is 12.0. The van der Waals surface area contributed by atoms with Crippen LogP contribution in [-0.2, 0) is 0 Å². The lowest BCUT2D eigenvalue weighted by Crippen LogP contribution is -1.93. The Morgan fingerprint density at radius 3 is 2.32 bits per heavy atom. The maximum Gasteiger partial charge on any atom is 0.162 e. The first kappa shape index (κ1) is 14.9. The molecule has 0 aliphatic rings. The molecule has 2 aromatic carbocycles. The molecule has 0 bridgehead atoms. The summed E-state index contributed by atoms with van der Waals surface area (Å²) in [4.78, 5) is 9.73. The van der Waals surface area contributed by atoms with Gasteiger partial charge in [-0.05, 0) is 30.3 Å². The molecule has 3 rings (SSSR count). The van der Waals surface area contributed by atoms with E-state index in [2.05, 4.69) is 9.97 Å². The summed E-state index contributed by atoms with van der Waals surface area (Å²) >= 11 is 7.47. The highest BCUT2D eigenvalue weighted by Crippen LogP contribution is 2.37. The molecular weight excluding hydrogens is 320 g/mol. The van der Waals surface area contributed by atoms with E-state index < -0.39 is 0 Å². The normalized spacial score (nSPS) is 10.7. The number of aromatic nitrogens is 2. The minimum absolute atomic E-state index is 0.649. The smallest absolute Gasteiger partial charge is 0.162 e. The first-order valence-electron chi connectivity index (χ1n) is 6.51. The maximum absolute atomic E-state index is 5.92. The van der Waals surface area contributed by atoms with Gasteiger partial charge < -0.3 is 9.47 Å². The van der Waals surface area contributed by atoms with Crippen molar-refractivity contribution in [3.8, 4) is 11.5 Å². The third-order valence-corrected chi connectivity index (χ3v) is 4.41. The van der Waals surface area contributed by atoms with Gasteiger partial charge >= 0.3 is 0 Å². The molecule has 0 radical (unpaired) electrons. The Bertz CT molecular complexity index is 809. The van der Waals surface area contributed by atoms with Gasteiger partial charge in [0.2, 0.25) is 0 Å². The molecule has 0 atom stereocenters. The highest BCUT2D eigenvalue weighted by molar-refractivity contribution is 7.99. The Morgan fingerprint density at radius 2 is 1.64 bits per heavy atom. The van der Waals surface area contributed by atoms with Crippen LogP contribution in [0.2, 0.25) is 5.02 Å². The van der Waals surface area contributed by atoms with Crippen LogP contribution in [0.4, 0.5) is 0 Å². The molecule has 0 saturated heterocycles. The quantitative estimate of drug-likeness (QED) is 0.660. The van der Waals surface area contributed by atoms with E-state index >= 15 is 0 Å². The van der Waals surface area contributed by atoms with Crippen molar-refractivity contribution in [1.29, 1.82) is 0 Å². The second-order valence-electron chi connectivity index (χ2n) is 4.46. The van der Waals surface area contributed by atoms with Gasteiger partial charge in [-0.15, -0.1) is 0 Å². The molecule has 0 unspecified atom stereocenters. The lowest BCUT2D eigenvalue weighted by molar-refractivity contribution is 0.355. The van der Waals surface area contributed by atoms with Gasteiger partial charge in [0.05, 0.1) is 19.7 Å². The minimum Gasteiger partial charge on any atom is -0.493 e. The molecule has 0 saturated carbocycles. The fourth-order valence-electron chi connectivity index (χ4n) is 2.06. The van der Waals surface area contributed by atoms with Crippen LogP contribution in [0.25, 0.3) is 10.9 Å². The van der Waals surface area contributed by atoms with E-state index in [1.807, 2.05) is 36.4 Å². The molecule has 0 aliphatic heterocycles. The standard InChI is InChI=1S/C16H13ClN2O2S/c1-20-14-7-12-13(8-15(14)21-2)18-9-19-16(12)22-11-5-3-10(17)4-6-11/h3-9H,1-2H3. The summed E-state index contributed by atoms with van der Waals surface area (Å²) in [5, 5.41) is 2.48. The van der Waals surface area contributed by atoms with Crippen molar-refractivity contribution in [2.24, 2.45) is 0 Å². The Morgan fingerprint density at radius 1 is 0.955 bits per heavy atom. The molecule has 0 N–H and O–H groups in total. The molecule has 0 fully saturated rings. The van der Waals surface area contributed by atoms with Crippen LogP contribution in [0.1, 0.15) is 0 Å². The SMILES string of the molecule is COc1cc2ncnc(Sc3ccc(Cl)cc3)c2cc1OC. The van der Waals surface area contributed by atoms with E-state index in [0.717, 1.165) is 20.8 Å². The molecule has 1 heterocycles. The van der Waals surface area contributed by atoms with Crippen LogP contribution < -0.4 is 9.47 Å². The third kappa shape index (κ3) is 2.96. The highest BCUT2D eigenvalue weighted by atomic mass is 35.5. The van der Waals surface area contributed by atoms with Gasteiger partial charge in [-0.1, -0.05) is 23.4 Å². The van der Waals surface area contributed by atoms with Crippen molar-refractivity contribution in [2.45, 2.75) is 9.92 Å². The van der Waals surface area contributed by atoms with Gasteiger partial charge in [-0.25, -0.2) is 9.97 Å². The number of fused-ring (bicyclic) bond motifs is 1. The number of methoxy groups -OCH3 is 2. The Balaban J connectivity index is 2.07. The molecule has 0 spiro atoms. The van der Waals surface area contributed by atoms with Gasteiger partial charge in [0.25, 0.3) is 0 Å². The fourth-order valence-corrected chi connectivity index (χ4v) is 3.05. The number of ether oxygens (including phenoxy) is 2. The van der Waals surface area contributed by atoms with Crippen LogP contribution in [0.5, 0.6) is 11.5 Å². The summed E-state index contributed by atoms with van der Waals surface area (Å²) in [7, 11) is 3.22. The summed E-state index contributed by atoms with van der Waals surface area (Å²) in [5.41, 5.74) is 0.809. The Labute approximate surface area is 137 Å². The van der Waals surface area contributed by atoms with Crippen molar-refractivity contribution in [2.75, 3.05) is 14.2 Å². The molecule has 22 heavy (non-hydrogen) atoms. The molecule has 0 amide bonds. The maximum atomic E-state index is 5.92. The van der Waals surface area contributed by atoms with Crippen LogP contribution in [-0.4, -0.2) is 24.2 Å². The Kier molecular flexibility index (Phi) is 4.36. The molecule has 1 aromatic heterocycles. The number of rotatable bonds is 4. The lowest BCUT2D eigenvalue weighted by Gasteiger charge is -2.10. The topological polar surface area (TPSA) is 44.2 Å². The number of halogens is 1. The summed E-state index contributed by atoms with van der Waals surface area (Å²) in [6.45, 7) is 0. The van der Waals surface area contributed by atoms with Gasteiger partial charge in [0.15, 0.2) is 11.5 Å². The first-order chi connectivity index (χ1) is 10.7. The van der Waals surface area contributed by atoms with Crippen molar-refractivity contribution in [3.05, 3.63) is 47.7 Å². The largest absolute Gasteiger partial charge is 0.493 e. The first-order valence-corrected chi connectivity index (χ1v) is 7.71. The third-order valence-electron chi connectivity index (χ3n) is 3.13. The van der Waals surface area contributed by atoms with Crippen molar-refractivity contribution in [3.63, 3.8) is 0 Å². The molecule has 0 aliphatic carbocycles. The van der Waals surface area contributed by atoms with Gasteiger partial charge in [-0.2, -0.15) is 0 Å². The zero-order chi connectivity index (χ0) is 15.5. The molecule has 6 heteroatoms. The minimum atomic E-state index is 0.649. The van der Waals surface area contributed by atoms with Crippen LogP contribution in [0, 0.1) is 0 Å². The van der Waals surface area contributed by atoms with E-state index in [-0.39, 0.29) is 0 Å². The monoisotopic (exact) mass is 332 g/mol. The predicted octanol–water partition coefficient (Wildman–Crippen LogP) is 4.45. The fraction of sp³-hybridized carbons (Fsp3) is 0.125. The number of benzene rings is 2. The van der Waals surface area contributed by atoms with Crippen LogP contribution in [0.15, 0.2) is 52.6 Å². The van der Waals surface area contributed by atoms with Crippen molar-refractivity contribution >= 4 is 34.3 Å². The molecule has 112 valence electrons. The highest BCUT2D eigenvalue weighted by Gasteiger charge is 2.11. The molecule has 4 nitrogen and oxygen atoms in total. The van der Waals surface area contributed by atoms with E-state index in [0.29, 0.717) is 16.5 Å². The average molecular weight is 333 g/mol. The summed E-state index contributed by atoms with van der Waals surface area (Å²) in [6, 6.07) is 11.4. The summed E-state index contributed by atoms with van der Waals surface area (Å²) in [6.07, 6.45) is 1.55. The van der Waals surface area contributed by atoms with E-state index in [1.54, 1.807) is 32.3 Å². The van der Waals surface area contributed by atoms with Crippen LogP contribution in [0.3, 0.4) is 0 Å². The number of hydrogen-bond donors (Lipinski definition) is 0. The van der Waals surface area contributed by atoms with E-state index in [4.69, 9.17) is 21.1 Å². The van der Waals surface area contributed by atoms with Gasteiger partial charge in [-0.3, -0.25) is 0 Å².